The lowest BCUT2D eigenvalue weighted by Crippen LogP contribution is -2.39. The first-order chi connectivity index (χ1) is 11.0. The molecule has 2 atom stereocenters. The van der Waals surface area contributed by atoms with Gasteiger partial charge in [0.1, 0.15) is 0 Å². The number of anilines is 1. The molecule has 4 N–H and O–H groups in total. The second kappa shape index (κ2) is 6.00. The van der Waals surface area contributed by atoms with E-state index in [1.807, 2.05) is 32.2 Å². The van der Waals surface area contributed by atoms with Crippen LogP contribution >= 0.6 is 0 Å². The minimum atomic E-state index is -0.377. The average molecular weight is 315 g/mol. The van der Waals surface area contributed by atoms with E-state index in [2.05, 4.69) is 15.7 Å². The van der Waals surface area contributed by atoms with Crippen molar-refractivity contribution in [2.75, 3.05) is 11.9 Å². The number of nitrogens with two attached hydrogens (primary N) is 1. The number of amides is 2. The fraction of sp³-hybridized carbons (Fsp3) is 0.438. The summed E-state index contributed by atoms with van der Waals surface area (Å²) in [6, 6.07) is 6.11. The van der Waals surface area contributed by atoms with Gasteiger partial charge in [-0.05, 0) is 31.5 Å². The summed E-state index contributed by atoms with van der Waals surface area (Å²) in [5, 5.41) is 11.2. The Kier molecular flexibility index (Phi) is 4.04. The maximum absolute atomic E-state index is 12.1. The van der Waals surface area contributed by atoms with Crippen molar-refractivity contribution in [3.05, 3.63) is 23.9 Å². The first-order valence-corrected chi connectivity index (χ1v) is 7.76. The predicted octanol–water partition coefficient (Wildman–Crippen LogP) is 0.853. The third kappa shape index (κ3) is 2.92. The van der Waals surface area contributed by atoms with Gasteiger partial charge in [0.2, 0.25) is 11.8 Å². The van der Waals surface area contributed by atoms with Gasteiger partial charge in [0, 0.05) is 37.1 Å². The molecule has 23 heavy (non-hydrogen) atoms. The summed E-state index contributed by atoms with van der Waals surface area (Å²) in [6.45, 7) is 2.56. The molecular formula is C16H21N5O2. The minimum Gasteiger partial charge on any atom is -0.381 e. The molecule has 1 aliphatic heterocycles. The first-order valence-electron chi connectivity index (χ1n) is 7.76. The molecule has 2 heterocycles. The molecule has 7 nitrogen and oxygen atoms in total. The van der Waals surface area contributed by atoms with E-state index >= 15 is 0 Å². The van der Waals surface area contributed by atoms with Gasteiger partial charge in [-0.3, -0.25) is 19.6 Å². The third-order valence-corrected chi connectivity index (χ3v) is 4.22. The first kappa shape index (κ1) is 15.5. The largest absolute Gasteiger partial charge is 0.381 e. The van der Waals surface area contributed by atoms with Gasteiger partial charge < -0.3 is 11.1 Å². The molecule has 0 aliphatic carbocycles. The van der Waals surface area contributed by atoms with E-state index in [0.717, 1.165) is 22.3 Å². The Morgan fingerprint density at radius 1 is 1.48 bits per heavy atom. The molecule has 1 aromatic heterocycles. The number of hydrogen-bond acceptors (Lipinski definition) is 5. The maximum atomic E-state index is 12.1. The standard InChI is InChI=1S/C16H21N5O2/c1-9(8-17)18-10-3-4-11-13(7-10)21(2)20-15(11)12-5-6-14(22)19-16(12)23/h3-4,7,9,12,18H,5-6,8,17H2,1-2H3,(H,19,22,23)/t9-,12?/m1/s1. The Bertz CT molecular complexity index is 767. The Hall–Kier alpha value is -2.41. The zero-order chi connectivity index (χ0) is 16.6. The highest BCUT2D eigenvalue weighted by molar-refractivity contribution is 6.02. The number of aryl methyl sites for hydroxylation is 1. The van der Waals surface area contributed by atoms with Crippen molar-refractivity contribution < 1.29 is 9.59 Å². The smallest absolute Gasteiger partial charge is 0.235 e. The number of benzene rings is 1. The van der Waals surface area contributed by atoms with Crippen molar-refractivity contribution in [2.45, 2.75) is 31.7 Å². The van der Waals surface area contributed by atoms with Gasteiger partial charge in [-0.25, -0.2) is 0 Å². The molecule has 0 radical (unpaired) electrons. The lowest BCUT2D eigenvalue weighted by atomic mass is 9.93. The summed E-state index contributed by atoms with van der Waals surface area (Å²) in [4.78, 5) is 23.4. The highest BCUT2D eigenvalue weighted by Crippen LogP contribution is 2.31. The molecule has 2 amide bonds. The van der Waals surface area contributed by atoms with E-state index in [4.69, 9.17) is 5.73 Å². The molecule has 0 spiro atoms. The van der Waals surface area contributed by atoms with E-state index in [-0.39, 0.29) is 23.8 Å². The number of nitrogens with one attached hydrogen (secondary N) is 2. The molecule has 3 rings (SSSR count). The molecule has 1 fully saturated rings. The minimum absolute atomic E-state index is 0.176. The van der Waals surface area contributed by atoms with E-state index in [1.165, 1.54) is 0 Å². The van der Waals surface area contributed by atoms with Crippen LogP contribution in [0.4, 0.5) is 5.69 Å². The van der Waals surface area contributed by atoms with Crippen LogP contribution in [0.1, 0.15) is 31.4 Å². The Labute approximate surface area is 134 Å². The van der Waals surface area contributed by atoms with Crippen LogP contribution in [0.3, 0.4) is 0 Å². The van der Waals surface area contributed by atoms with Crippen molar-refractivity contribution >= 4 is 28.4 Å². The van der Waals surface area contributed by atoms with Gasteiger partial charge in [0.15, 0.2) is 0 Å². The summed E-state index contributed by atoms with van der Waals surface area (Å²) in [7, 11) is 1.86. The predicted molar refractivity (Wildman–Crippen MR) is 88.0 cm³/mol. The maximum Gasteiger partial charge on any atom is 0.235 e. The number of nitrogens with zero attached hydrogens (tertiary/aromatic N) is 2. The highest BCUT2D eigenvalue weighted by Gasteiger charge is 2.31. The van der Waals surface area contributed by atoms with Gasteiger partial charge in [0.25, 0.3) is 0 Å². The van der Waals surface area contributed by atoms with Crippen LogP contribution in [-0.2, 0) is 16.6 Å². The molecule has 2 aromatic rings. The number of hydrogen-bond donors (Lipinski definition) is 3. The Morgan fingerprint density at radius 3 is 2.96 bits per heavy atom. The van der Waals surface area contributed by atoms with Crippen molar-refractivity contribution in [3.63, 3.8) is 0 Å². The molecule has 122 valence electrons. The van der Waals surface area contributed by atoms with E-state index < -0.39 is 0 Å². The lowest BCUT2D eigenvalue weighted by molar-refractivity contribution is -0.134. The van der Waals surface area contributed by atoms with Crippen LogP contribution in [-0.4, -0.2) is 34.2 Å². The van der Waals surface area contributed by atoms with E-state index in [9.17, 15) is 9.59 Å². The number of carbonyl (C=O) groups excluding carboxylic acids is 2. The molecule has 1 unspecified atom stereocenters. The zero-order valence-corrected chi connectivity index (χ0v) is 13.3. The summed E-state index contributed by atoms with van der Waals surface area (Å²) < 4.78 is 1.77. The fourth-order valence-corrected chi connectivity index (χ4v) is 2.93. The number of rotatable bonds is 4. The van der Waals surface area contributed by atoms with Crippen molar-refractivity contribution in [2.24, 2.45) is 12.8 Å². The number of fused-ring (bicyclic) bond motifs is 1. The Morgan fingerprint density at radius 2 is 2.26 bits per heavy atom. The zero-order valence-electron chi connectivity index (χ0n) is 13.3. The molecule has 1 aromatic carbocycles. The van der Waals surface area contributed by atoms with Gasteiger partial charge in [-0.2, -0.15) is 5.10 Å². The lowest BCUT2D eigenvalue weighted by Gasteiger charge is -2.19. The molecule has 1 aliphatic rings. The molecule has 0 bridgehead atoms. The van der Waals surface area contributed by atoms with E-state index in [0.29, 0.717) is 19.4 Å². The quantitative estimate of drug-likeness (QED) is 0.726. The number of carbonyl (C=O) groups is 2. The van der Waals surface area contributed by atoms with Crippen molar-refractivity contribution in [1.29, 1.82) is 0 Å². The third-order valence-electron chi connectivity index (χ3n) is 4.22. The van der Waals surface area contributed by atoms with Crippen LogP contribution in [0, 0.1) is 0 Å². The molecule has 1 saturated heterocycles. The summed E-state index contributed by atoms with van der Waals surface area (Å²) in [6.07, 6.45) is 0.850. The number of piperidine rings is 1. The van der Waals surface area contributed by atoms with Gasteiger partial charge in [0.05, 0.1) is 17.1 Å². The van der Waals surface area contributed by atoms with Crippen LogP contribution in [0.5, 0.6) is 0 Å². The van der Waals surface area contributed by atoms with Crippen molar-refractivity contribution in [3.8, 4) is 0 Å². The fourth-order valence-electron chi connectivity index (χ4n) is 2.93. The monoisotopic (exact) mass is 315 g/mol. The molecular weight excluding hydrogens is 294 g/mol. The Balaban J connectivity index is 1.97. The SMILES string of the molecule is C[C@H](CN)Nc1ccc2c(C3CCC(=O)NC3=O)nn(C)c2c1. The van der Waals surface area contributed by atoms with Crippen LogP contribution < -0.4 is 16.4 Å². The second-order valence-corrected chi connectivity index (χ2v) is 6.03. The van der Waals surface area contributed by atoms with E-state index in [1.54, 1.807) is 4.68 Å². The van der Waals surface area contributed by atoms with Gasteiger partial charge in [-0.15, -0.1) is 0 Å². The topological polar surface area (TPSA) is 102 Å². The average Bonchev–Trinajstić information content (AvgIpc) is 2.84. The molecule has 7 heteroatoms. The summed E-state index contributed by atoms with van der Waals surface area (Å²) in [5.74, 6) is -0.855. The second-order valence-electron chi connectivity index (χ2n) is 6.03. The highest BCUT2D eigenvalue weighted by atomic mass is 16.2. The van der Waals surface area contributed by atoms with Crippen LogP contribution in [0.2, 0.25) is 0 Å². The van der Waals surface area contributed by atoms with Crippen molar-refractivity contribution in [1.82, 2.24) is 15.1 Å². The van der Waals surface area contributed by atoms with Gasteiger partial charge in [-0.1, -0.05) is 0 Å². The number of aromatic nitrogens is 2. The van der Waals surface area contributed by atoms with Crippen LogP contribution in [0.15, 0.2) is 18.2 Å². The summed E-state index contributed by atoms with van der Waals surface area (Å²) in [5.41, 5.74) is 8.28. The molecule has 0 saturated carbocycles. The number of imide groups is 1. The van der Waals surface area contributed by atoms with Gasteiger partial charge >= 0.3 is 0 Å². The normalized spacial score (nSPS) is 19.7. The van der Waals surface area contributed by atoms with Crippen LogP contribution in [0.25, 0.3) is 10.9 Å². The summed E-state index contributed by atoms with van der Waals surface area (Å²) >= 11 is 0.